The van der Waals surface area contributed by atoms with E-state index in [9.17, 15) is 8.42 Å². The molecule has 0 aliphatic rings. The molecule has 114 valence electrons. The molecule has 0 fully saturated rings. The average molecular weight is 310 g/mol. The fourth-order valence-corrected chi connectivity index (χ4v) is 3.06. The van der Waals surface area contributed by atoms with Crippen molar-refractivity contribution in [3.8, 4) is 0 Å². The highest BCUT2D eigenvalue weighted by Gasteiger charge is 2.17. The van der Waals surface area contributed by atoms with E-state index in [0.29, 0.717) is 23.9 Å². The molecule has 2 aromatic rings. The second kappa shape index (κ2) is 6.68. The van der Waals surface area contributed by atoms with Gasteiger partial charge in [-0.2, -0.15) is 4.98 Å². The second-order valence-corrected chi connectivity index (χ2v) is 6.21. The molecule has 0 amide bonds. The van der Waals surface area contributed by atoms with Crippen LogP contribution in [0.1, 0.15) is 25.1 Å². The molecule has 21 heavy (non-hydrogen) atoms. The molecule has 8 heteroatoms. The molecule has 7 nitrogen and oxygen atoms in total. The lowest BCUT2D eigenvalue weighted by Crippen LogP contribution is -2.25. The van der Waals surface area contributed by atoms with Gasteiger partial charge in [-0.3, -0.25) is 0 Å². The Bertz CT molecular complexity index is 697. The number of hydrogen-bond donors (Lipinski definition) is 2. The lowest BCUT2D eigenvalue weighted by molar-refractivity contribution is 0.388. The Morgan fingerprint density at radius 3 is 2.71 bits per heavy atom. The zero-order valence-corrected chi connectivity index (χ0v) is 12.8. The summed E-state index contributed by atoms with van der Waals surface area (Å²) in [4.78, 5) is 4.27. The molecular weight excluding hydrogens is 292 g/mol. The maximum Gasteiger partial charge on any atom is 0.242 e. The first-order valence-corrected chi connectivity index (χ1v) is 8.13. The van der Waals surface area contributed by atoms with E-state index in [0.717, 1.165) is 6.42 Å². The third-order valence-electron chi connectivity index (χ3n) is 2.73. The van der Waals surface area contributed by atoms with Gasteiger partial charge in [-0.1, -0.05) is 24.2 Å². The van der Waals surface area contributed by atoms with Crippen molar-refractivity contribution in [1.29, 1.82) is 0 Å². The number of rotatable bonds is 7. The van der Waals surface area contributed by atoms with Crippen LogP contribution in [-0.4, -0.2) is 25.1 Å². The van der Waals surface area contributed by atoms with Gasteiger partial charge in [0.15, 0.2) is 5.82 Å². The van der Waals surface area contributed by atoms with Crippen molar-refractivity contribution in [1.82, 2.24) is 14.9 Å². The molecule has 0 radical (unpaired) electrons. The molecule has 1 aromatic carbocycles. The minimum Gasteiger partial charge on any atom is -0.377 e. The van der Waals surface area contributed by atoms with Crippen LogP contribution in [0.5, 0.6) is 0 Å². The summed E-state index contributed by atoms with van der Waals surface area (Å²) in [5.74, 6) is 0.943. The van der Waals surface area contributed by atoms with Gasteiger partial charge in [0, 0.05) is 13.5 Å². The molecule has 2 rings (SSSR count). The Labute approximate surface area is 123 Å². The van der Waals surface area contributed by atoms with Gasteiger partial charge in [0.2, 0.25) is 15.9 Å². The van der Waals surface area contributed by atoms with E-state index in [1.807, 2.05) is 6.92 Å². The van der Waals surface area contributed by atoms with Crippen molar-refractivity contribution < 1.29 is 12.9 Å². The standard InChI is InChI=1S/C13H18N4O3S/c1-3-8-15-21(18,19)12-7-5-4-6-11(12)14-9-13-16-10(2)20-17-13/h4-7,14-15H,3,8-9H2,1-2H3. The summed E-state index contributed by atoms with van der Waals surface area (Å²) in [6.07, 6.45) is 0.733. The topological polar surface area (TPSA) is 97.1 Å². The molecule has 0 saturated carbocycles. The lowest BCUT2D eigenvalue weighted by atomic mass is 10.3. The Hall–Kier alpha value is -1.93. The molecule has 0 atom stereocenters. The first-order valence-electron chi connectivity index (χ1n) is 6.64. The fraction of sp³-hybridized carbons (Fsp3) is 0.385. The summed E-state index contributed by atoms with van der Waals surface area (Å²) in [5.41, 5.74) is 0.503. The van der Waals surface area contributed by atoms with Crippen molar-refractivity contribution in [3.05, 3.63) is 36.0 Å². The van der Waals surface area contributed by atoms with Crippen molar-refractivity contribution in [3.63, 3.8) is 0 Å². The maximum atomic E-state index is 12.2. The summed E-state index contributed by atoms with van der Waals surface area (Å²) >= 11 is 0. The number of para-hydroxylation sites is 1. The number of aromatic nitrogens is 2. The first-order chi connectivity index (χ1) is 10.0. The predicted molar refractivity (Wildman–Crippen MR) is 78.3 cm³/mol. The largest absolute Gasteiger partial charge is 0.377 e. The van der Waals surface area contributed by atoms with E-state index in [2.05, 4.69) is 20.2 Å². The summed E-state index contributed by atoms with van der Waals surface area (Å²) in [6, 6.07) is 6.71. The number of sulfonamides is 1. The van der Waals surface area contributed by atoms with Crippen LogP contribution < -0.4 is 10.0 Å². The Balaban J connectivity index is 2.16. The molecule has 0 aliphatic carbocycles. The molecule has 0 saturated heterocycles. The molecule has 0 unspecified atom stereocenters. The Morgan fingerprint density at radius 1 is 1.29 bits per heavy atom. The first kappa shape index (κ1) is 15.5. The normalized spacial score (nSPS) is 11.5. The zero-order valence-electron chi connectivity index (χ0n) is 12.0. The van der Waals surface area contributed by atoms with Crippen LogP contribution in [0.15, 0.2) is 33.7 Å². The minimum absolute atomic E-state index is 0.207. The smallest absolute Gasteiger partial charge is 0.242 e. The van der Waals surface area contributed by atoms with E-state index in [1.165, 1.54) is 0 Å². The van der Waals surface area contributed by atoms with Crippen molar-refractivity contribution >= 4 is 15.7 Å². The molecule has 0 spiro atoms. The number of anilines is 1. The summed E-state index contributed by atoms with van der Waals surface area (Å²) in [7, 11) is -3.53. The van der Waals surface area contributed by atoms with Crippen molar-refractivity contribution in [2.45, 2.75) is 31.7 Å². The molecule has 1 aromatic heterocycles. The lowest BCUT2D eigenvalue weighted by Gasteiger charge is -2.11. The maximum absolute atomic E-state index is 12.2. The number of aryl methyl sites for hydroxylation is 1. The zero-order chi connectivity index (χ0) is 15.3. The van der Waals surface area contributed by atoms with Crippen molar-refractivity contribution in [2.24, 2.45) is 0 Å². The Morgan fingerprint density at radius 2 is 2.05 bits per heavy atom. The minimum atomic E-state index is -3.53. The van der Waals surface area contributed by atoms with Gasteiger partial charge >= 0.3 is 0 Å². The van der Waals surface area contributed by atoms with Crippen LogP contribution >= 0.6 is 0 Å². The van der Waals surface area contributed by atoms with E-state index < -0.39 is 10.0 Å². The third kappa shape index (κ3) is 4.02. The van der Waals surface area contributed by atoms with Crippen LogP contribution in [0, 0.1) is 6.92 Å². The molecule has 0 bridgehead atoms. The van der Waals surface area contributed by atoms with E-state index in [4.69, 9.17) is 4.52 Å². The molecule has 2 N–H and O–H groups in total. The Kier molecular flexibility index (Phi) is 4.92. The summed E-state index contributed by atoms with van der Waals surface area (Å²) in [5, 5.41) is 6.78. The number of hydrogen-bond acceptors (Lipinski definition) is 6. The summed E-state index contributed by atoms with van der Waals surface area (Å²) in [6.45, 7) is 4.30. The van der Waals surface area contributed by atoms with Crippen LogP contribution in [0.3, 0.4) is 0 Å². The monoisotopic (exact) mass is 310 g/mol. The van der Waals surface area contributed by atoms with Gasteiger partial charge in [0.1, 0.15) is 4.90 Å². The van der Waals surface area contributed by atoms with E-state index >= 15 is 0 Å². The average Bonchev–Trinajstić information content (AvgIpc) is 2.89. The van der Waals surface area contributed by atoms with Gasteiger partial charge in [0.05, 0.1) is 12.2 Å². The van der Waals surface area contributed by atoms with Crippen LogP contribution in [-0.2, 0) is 16.6 Å². The third-order valence-corrected chi connectivity index (χ3v) is 4.24. The number of benzene rings is 1. The molecular formula is C13H18N4O3S. The van der Waals surface area contributed by atoms with E-state index in [-0.39, 0.29) is 11.4 Å². The predicted octanol–water partition coefficient (Wildman–Crippen LogP) is 1.68. The van der Waals surface area contributed by atoms with Crippen molar-refractivity contribution in [2.75, 3.05) is 11.9 Å². The van der Waals surface area contributed by atoms with Crippen LogP contribution in [0.25, 0.3) is 0 Å². The van der Waals surface area contributed by atoms with Crippen LogP contribution in [0.2, 0.25) is 0 Å². The number of nitrogens with zero attached hydrogens (tertiary/aromatic N) is 2. The van der Waals surface area contributed by atoms with E-state index in [1.54, 1.807) is 31.2 Å². The SMILES string of the molecule is CCCNS(=O)(=O)c1ccccc1NCc1noc(C)n1. The van der Waals surface area contributed by atoms with Gasteiger partial charge in [-0.25, -0.2) is 13.1 Å². The quantitative estimate of drug-likeness (QED) is 0.807. The highest BCUT2D eigenvalue weighted by Crippen LogP contribution is 2.21. The molecule has 1 heterocycles. The summed E-state index contributed by atoms with van der Waals surface area (Å²) < 4.78 is 31.9. The number of nitrogens with one attached hydrogen (secondary N) is 2. The van der Waals surface area contributed by atoms with Crippen LogP contribution in [0.4, 0.5) is 5.69 Å². The van der Waals surface area contributed by atoms with Gasteiger partial charge in [0.25, 0.3) is 0 Å². The van der Waals surface area contributed by atoms with Gasteiger partial charge in [-0.15, -0.1) is 0 Å². The second-order valence-electron chi connectivity index (χ2n) is 4.48. The van der Waals surface area contributed by atoms with Gasteiger partial charge < -0.3 is 9.84 Å². The highest BCUT2D eigenvalue weighted by molar-refractivity contribution is 7.89. The van der Waals surface area contributed by atoms with Gasteiger partial charge in [-0.05, 0) is 18.6 Å². The fourth-order valence-electron chi connectivity index (χ4n) is 1.75. The highest BCUT2D eigenvalue weighted by atomic mass is 32.2. The molecule has 0 aliphatic heterocycles.